The number of hydrogen-bond acceptors (Lipinski definition) is 2. The molecule has 72 valence electrons. The highest BCUT2D eigenvalue weighted by molar-refractivity contribution is 5.70. The maximum absolute atomic E-state index is 11.7. The Morgan fingerprint density at radius 3 is 2.00 bits per heavy atom. The van der Waals surface area contributed by atoms with Crippen molar-refractivity contribution in [1.29, 1.82) is 0 Å². The van der Waals surface area contributed by atoms with Crippen LogP contribution in [0.2, 0.25) is 0 Å². The lowest BCUT2D eigenvalue weighted by Crippen LogP contribution is -2.39. The highest BCUT2D eigenvalue weighted by Gasteiger charge is 2.45. The summed E-state index contributed by atoms with van der Waals surface area (Å²) in [5, 5.41) is 16.8. The Morgan fingerprint density at radius 2 is 1.92 bits per heavy atom. The van der Waals surface area contributed by atoms with Crippen LogP contribution in [-0.2, 0) is 4.79 Å². The molecule has 0 unspecified atom stereocenters. The molecule has 0 aromatic heterocycles. The number of carboxylic acid groups (broad SMARTS) is 1. The first-order valence-corrected chi connectivity index (χ1v) is 3.28. The molecule has 0 aromatic rings. The maximum atomic E-state index is 11.7. The van der Waals surface area contributed by atoms with Crippen molar-refractivity contribution in [3.05, 3.63) is 0 Å². The van der Waals surface area contributed by atoms with Crippen molar-refractivity contribution in [1.82, 2.24) is 0 Å². The van der Waals surface area contributed by atoms with Crippen molar-refractivity contribution >= 4 is 5.97 Å². The van der Waals surface area contributed by atoms with Crippen LogP contribution in [0.5, 0.6) is 0 Å². The Balaban J connectivity index is 4.42. The van der Waals surface area contributed by atoms with E-state index in [4.69, 9.17) is 10.2 Å². The second-order valence-electron chi connectivity index (χ2n) is 2.34. The number of aliphatic carboxylic acids is 1. The number of aliphatic hydroxyl groups is 1. The van der Waals surface area contributed by atoms with Gasteiger partial charge in [-0.1, -0.05) is 6.92 Å². The highest BCUT2D eigenvalue weighted by Crippen LogP contribution is 2.27. The third-order valence-corrected chi connectivity index (χ3v) is 1.47. The summed E-state index contributed by atoms with van der Waals surface area (Å²) in [7, 11) is 0. The summed E-state index contributed by atoms with van der Waals surface area (Å²) in [6.45, 7) is 1.27. The van der Waals surface area contributed by atoms with Crippen molar-refractivity contribution in [2.75, 3.05) is 0 Å². The van der Waals surface area contributed by atoms with E-state index >= 15 is 0 Å². The van der Waals surface area contributed by atoms with Crippen molar-refractivity contribution in [2.24, 2.45) is 5.92 Å². The van der Waals surface area contributed by atoms with Crippen LogP contribution in [0.15, 0.2) is 0 Å². The predicted octanol–water partition coefficient (Wildman–Crippen LogP) is 1.02. The van der Waals surface area contributed by atoms with Gasteiger partial charge in [-0.15, -0.1) is 0 Å². The molecule has 0 aliphatic heterocycles. The van der Waals surface area contributed by atoms with Gasteiger partial charge in [-0.2, -0.15) is 13.2 Å². The lowest BCUT2D eigenvalue weighted by atomic mass is 9.99. The first-order chi connectivity index (χ1) is 5.30. The smallest absolute Gasteiger partial charge is 0.415 e. The third kappa shape index (κ3) is 2.69. The first kappa shape index (κ1) is 11.2. The fourth-order valence-corrected chi connectivity index (χ4v) is 0.761. The molecular weight excluding hydrogens is 177 g/mol. The maximum Gasteiger partial charge on any atom is 0.415 e. The molecule has 6 heteroatoms. The van der Waals surface area contributed by atoms with Gasteiger partial charge in [-0.05, 0) is 6.42 Å². The van der Waals surface area contributed by atoms with Gasteiger partial charge in [-0.25, -0.2) is 0 Å². The number of carbonyl (C=O) groups is 1. The van der Waals surface area contributed by atoms with E-state index in [0.29, 0.717) is 0 Å². The minimum absolute atomic E-state index is 0.254. The molecule has 2 N–H and O–H groups in total. The van der Waals surface area contributed by atoms with Gasteiger partial charge in [-0.3, -0.25) is 4.79 Å². The summed E-state index contributed by atoms with van der Waals surface area (Å²) < 4.78 is 35.2. The molecular formula is C6H9F3O3. The molecule has 0 bridgehead atoms. The number of aliphatic hydroxyl groups excluding tert-OH is 1. The largest absolute Gasteiger partial charge is 0.481 e. The Hall–Kier alpha value is -0.780. The van der Waals surface area contributed by atoms with Gasteiger partial charge in [0.1, 0.15) is 0 Å². The minimum Gasteiger partial charge on any atom is -0.481 e. The third-order valence-electron chi connectivity index (χ3n) is 1.47. The summed E-state index contributed by atoms with van der Waals surface area (Å²) in [5.41, 5.74) is 0. The van der Waals surface area contributed by atoms with Gasteiger partial charge < -0.3 is 10.2 Å². The van der Waals surface area contributed by atoms with E-state index in [-0.39, 0.29) is 6.42 Å². The second kappa shape index (κ2) is 3.75. The van der Waals surface area contributed by atoms with E-state index < -0.39 is 24.2 Å². The fraction of sp³-hybridized carbons (Fsp3) is 0.833. The van der Waals surface area contributed by atoms with Gasteiger partial charge in [0.15, 0.2) is 6.10 Å². The summed E-state index contributed by atoms with van der Waals surface area (Å²) in [4.78, 5) is 10.2. The van der Waals surface area contributed by atoms with Crippen molar-refractivity contribution in [3.8, 4) is 0 Å². The number of rotatable bonds is 3. The summed E-state index contributed by atoms with van der Waals surface area (Å²) in [5.74, 6) is -3.41. The molecule has 12 heavy (non-hydrogen) atoms. The minimum atomic E-state index is -4.86. The highest BCUT2D eigenvalue weighted by atomic mass is 19.4. The molecule has 0 aromatic carbocycles. The molecule has 2 atom stereocenters. The average Bonchev–Trinajstić information content (AvgIpc) is 1.86. The fourth-order valence-electron chi connectivity index (χ4n) is 0.761. The first-order valence-electron chi connectivity index (χ1n) is 3.28. The van der Waals surface area contributed by atoms with Gasteiger partial charge in [0.05, 0.1) is 5.92 Å². The van der Waals surface area contributed by atoms with E-state index in [2.05, 4.69) is 0 Å². The van der Waals surface area contributed by atoms with Crippen LogP contribution < -0.4 is 0 Å². The normalized spacial score (nSPS) is 17.1. The summed E-state index contributed by atoms with van der Waals surface area (Å²) >= 11 is 0. The Morgan fingerprint density at radius 1 is 1.50 bits per heavy atom. The van der Waals surface area contributed by atoms with E-state index in [0.717, 1.165) is 0 Å². The number of halogens is 3. The quantitative estimate of drug-likeness (QED) is 0.691. The molecule has 0 saturated heterocycles. The molecule has 0 amide bonds. The molecule has 0 radical (unpaired) electrons. The summed E-state index contributed by atoms with van der Waals surface area (Å²) in [6.07, 6.45) is -7.89. The molecule has 0 spiro atoms. The van der Waals surface area contributed by atoms with Gasteiger partial charge in [0.25, 0.3) is 0 Å². The zero-order chi connectivity index (χ0) is 9.94. The topological polar surface area (TPSA) is 57.5 Å². The van der Waals surface area contributed by atoms with Crippen LogP contribution >= 0.6 is 0 Å². The zero-order valence-corrected chi connectivity index (χ0v) is 6.30. The van der Waals surface area contributed by atoms with Gasteiger partial charge in [0.2, 0.25) is 0 Å². The Bertz CT molecular complexity index is 166. The van der Waals surface area contributed by atoms with E-state index in [9.17, 15) is 18.0 Å². The number of alkyl halides is 3. The van der Waals surface area contributed by atoms with E-state index in [1.54, 1.807) is 0 Å². The van der Waals surface area contributed by atoms with Crippen molar-refractivity contribution < 1.29 is 28.2 Å². The van der Waals surface area contributed by atoms with Crippen LogP contribution in [0, 0.1) is 5.92 Å². The molecule has 0 aliphatic carbocycles. The molecule has 0 fully saturated rings. The van der Waals surface area contributed by atoms with Gasteiger partial charge >= 0.3 is 12.1 Å². The zero-order valence-electron chi connectivity index (χ0n) is 6.30. The standard InChI is InChI=1S/C6H9F3O3/c1-2-3(5(11)12)4(10)6(7,8)9/h3-4,10H,2H2,1H3,(H,11,12)/t3-,4-/m0/s1. The van der Waals surface area contributed by atoms with Crippen LogP contribution in [0.3, 0.4) is 0 Å². The van der Waals surface area contributed by atoms with E-state index in [1.807, 2.05) is 0 Å². The molecule has 3 nitrogen and oxygen atoms in total. The lowest BCUT2D eigenvalue weighted by molar-refractivity contribution is -0.223. The second-order valence-corrected chi connectivity index (χ2v) is 2.34. The summed E-state index contributed by atoms with van der Waals surface area (Å²) in [6, 6.07) is 0. The Kier molecular flexibility index (Phi) is 3.51. The number of hydrogen-bond donors (Lipinski definition) is 2. The monoisotopic (exact) mass is 186 g/mol. The van der Waals surface area contributed by atoms with Gasteiger partial charge in [0, 0.05) is 0 Å². The molecule has 0 heterocycles. The van der Waals surface area contributed by atoms with Crippen LogP contribution in [0.1, 0.15) is 13.3 Å². The van der Waals surface area contributed by atoms with Crippen molar-refractivity contribution in [2.45, 2.75) is 25.6 Å². The molecule has 0 aliphatic rings. The number of carboxylic acids is 1. The van der Waals surface area contributed by atoms with E-state index in [1.165, 1.54) is 6.92 Å². The molecule has 0 rings (SSSR count). The Labute approximate surface area is 66.8 Å². The average molecular weight is 186 g/mol. The predicted molar refractivity (Wildman–Crippen MR) is 33.5 cm³/mol. The molecule has 0 saturated carbocycles. The van der Waals surface area contributed by atoms with Crippen LogP contribution in [0.25, 0.3) is 0 Å². The van der Waals surface area contributed by atoms with Crippen molar-refractivity contribution in [3.63, 3.8) is 0 Å². The van der Waals surface area contributed by atoms with Crippen LogP contribution in [-0.4, -0.2) is 28.5 Å². The van der Waals surface area contributed by atoms with Crippen LogP contribution in [0.4, 0.5) is 13.2 Å². The lowest BCUT2D eigenvalue weighted by Gasteiger charge is -2.19. The SMILES string of the molecule is CC[C@H](C(=O)O)[C@H](O)C(F)(F)F.